The van der Waals surface area contributed by atoms with Crippen molar-refractivity contribution in [1.82, 2.24) is 10.2 Å². The van der Waals surface area contributed by atoms with Crippen molar-refractivity contribution in [3.63, 3.8) is 0 Å². The summed E-state index contributed by atoms with van der Waals surface area (Å²) in [6, 6.07) is 1.56. The minimum absolute atomic E-state index is 0.741. The van der Waals surface area contributed by atoms with Gasteiger partial charge in [-0.2, -0.15) is 0 Å². The quantitative estimate of drug-likeness (QED) is 0.776. The largest absolute Gasteiger partial charge is 0.315 e. The second kappa shape index (κ2) is 6.02. The third-order valence-electron chi connectivity index (χ3n) is 4.52. The van der Waals surface area contributed by atoms with E-state index >= 15 is 0 Å². The van der Waals surface area contributed by atoms with Crippen LogP contribution in [0.25, 0.3) is 0 Å². The molecule has 3 unspecified atom stereocenters. The molecule has 2 aliphatic rings. The molecule has 1 N–H and O–H groups in total. The number of likely N-dealkylation sites (N-methyl/N-ethyl adjacent to an activating group) is 1. The molecule has 1 heterocycles. The topological polar surface area (TPSA) is 15.3 Å². The van der Waals surface area contributed by atoms with Crippen LogP contribution >= 0.6 is 0 Å². The second-order valence-corrected chi connectivity index (χ2v) is 5.84. The first-order valence-electron chi connectivity index (χ1n) is 7.22. The monoisotopic (exact) mass is 224 g/mol. The molecule has 2 fully saturated rings. The highest BCUT2D eigenvalue weighted by Crippen LogP contribution is 2.26. The molecule has 94 valence electrons. The SMILES string of the molecule is CNC1CCCCCCC1N1CCC(C)C1. The Morgan fingerprint density at radius 3 is 2.38 bits per heavy atom. The summed E-state index contributed by atoms with van der Waals surface area (Å²) in [5.74, 6) is 0.919. The Kier molecular flexibility index (Phi) is 4.66. The summed E-state index contributed by atoms with van der Waals surface area (Å²) in [7, 11) is 2.15. The molecule has 0 radical (unpaired) electrons. The van der Waals surface area contributed by atoms with Crippen LogP contribution < -0.4 is 5.32 Å². The standard InChI is InChI=1S/C14H28N2/c1-12-9-10-16(11-12)14-8-6-4-3-5-7-13(14)15-2/h12-15H,3-11H2,1-2H3. The first-order chi connectivity index (χ1) is 7.81. The van der Waals surface area contributed by atoms with Crippen LogP contribution in [0.4, 0.5) is 0 Å². The van der Waals surface area contributed by atoms with Crippen LogP contribution in [0.2, 0.25) is 0 Å². The van der Waals surface area contributed by atoms with E-state index in [2.05, 4.69) is 24.2 Å². The maximum absolute atomic E-state index is 3.57. The minimum Gasteiger partial charge on any atom is -0.315 e. The number of rotatable bonds is 2. The second-order valence-electron chi connectivity index (χ2n) is 5.84. The van der Waals surface area contributed by atoms with Crippen molar-refractivity contribution in [1.29, 1.82) is 0 Å². The molecule has 0 aromatic heterocycles. The third-order valence-corrected chi connectivity index (χ3v) is 4.52. The Morgan fingerprint density at radius 1 is 1.00 bits per heavy atom. The van der Waals surface area contributed by atoms with E-state index in [4.69, 9.17) is 0 Å². The normalized spacial score (nSPS) is 38.2. The number of likely N-dealkylation sites (tertiary alicyclic amines) is 1. The van der Waals surface area contributed by atoms with Gasteiger partial charge in [0.25, 0.3) is 0 Å². The van der Waals surface area contributed by atoms with E-state index in [1.54, 1.807) is 0 Å². The van der Waals surface area contributed by atoms with Crippen molar-refractivity contribution >= 4 is 0 Å². The predicted molar refractivity (Wildman–Crippen MR) is 69.7 cm³/mol. The Hall–Kier alpha value is -0.0800. The molecule has 16 heavy (non-hydrogen) atoms. The van der Waals surface area contributed by atoms with Crippen molar-refractivity contribution in [2.75, 3.05) is 20.1 Å². The van der Waals surface area contributed by atoms with Gasteiger partial charge in [0.05, 0.1) is 0 Å². The Bertz CT molecular complexity index is 203. The van der Waals surface area contributed by atoms with Gasteiger partial charge < -0.3 is 5.32 Å². The van der Waals surface area contributed by atoms with Crippen LogP contribution in [0.1, 0.15) is 51.9 Å². The van der Waals surface area contributed by atoms with Gasteiger partial charge in [-0.05, 0) is 38.8 Å². The lowest BCUT2D eigenvalue weighted by molar-refractivity contribution is 0.162. The molecular formula is C14H28N2. The fraction of sp³-hybridized carbons (Fsp3) is 1.00. The molecule has 0 aromatic carbocycles. The van der Waals surface area contributed by atoms with E-state index in [9.17, 15) is 0 Å². The first-order valence-corrected chi connectivity index (χ1v) is 7.22. The van der Waals surface area contributed by atoms with Gasteiger partial charge in [0.2, 0.25) is 0 Å². The fourth-order valence-corrected chi connectivity index (χ4v) is 3.51. The molecule has 0 amide bonds. The van der Waals surface area contributed by atoms with Gasteiger partial charge >= 0.3 is 0 Å². The Balaban J connectivity index is 1.96. The van der Waals surface area contributed by atoms with Gasteiger partial charge in [0, 0.05) is 18.6 Å². The fourth-order valence-electron chi connectivity index (χ4n) is 3.51. The predicted octanol–water partition coefficient (Wildman–Crippen LogP) is 2.64. The average Bonchev–Trinajstić information content (AvgIpc) is 2.65. The molecule has 2 nitrogen and oxygen atoms in total. The third kappa shape index (κ3) is 2.98. The zero-order chi connectivity index (χ0) is 11.4. The van der Waals surface area contributed by atoms with Crippen LogP contribution in [0.5, 0.6) is 0 Å². The van der Waals surface area contributed by atoms with Gasteiger partial charge in [-0.25, -0.2) is 0 Å². The lowest BCUT2D eigenvalue weighted by Gasteiger charge is -2.36. The molecule has 0 bridgehead atoms. The van der Waals surface area contributed by atoms with E-state index in [-0.39, 0.29) is 0 Å². The smallest absolute Gasteiger partial charge is 0.0249 e. The maximum Gasteiger partial charge on any atom is 0.0249 e. The molecule has 2 heteroatoms. The first kappa shape index (κ1) is 12.4. The lowest BCUT2D eigenvalue weighted by atomic mass is 9.91. The molecule has 1 saturated heterocycles. The molecule has 0 aromatic rings. The van der Waals surface area contributed by atoms with Crippen molar-refractivity contribution in [2.24, 2.45) is 5.92 Å². The summed E-state index contributed by atoms with van der Waals surface area (Å²) in [5, 5.41) is 3.57. The summed E-state index contributed by atoms with van der Waals surface area (Å²) in [6.07, 6.45) is 9.97. The van der Waals surface area contributed by atoms with E-state index in [0.29, 0.717) is 0 Å². The molecule has 3 atom stereocenters. The molecule has 1 aliphatic heterocycles. The van der Waals surface area contributed by atoms with Gasteiger partial charge in [-0.15, -0.1) is 0 Å². The molecule has 1 saturated carbocycles. The summed E-state index contributed by atoms with van der Waals surface area (Å²) in [4.78, 5) is 2.76. The van der Waals surface area contributed by atoms with Gasteiger partial charge in [-0.1, -0.05) is 32.6 Å². The van der Waals surface area contributed by atoms with Crippen LogP contribution in [0.15, 0.2) is 0 Å². The Labute approximate surface area is 101 Å². The summed E-state index contributed by atoms with van der Waals surface area (Å²) < 4.78 is 0. The van der Waals surface area contributed by atoms with Gasteiger partial charge in [0.15, 0.2) is 0 Å². The zero-order valence-electron chi connectivity index (χ0n) is 11.0. The molecule has 1 aliphatic carbocycles. The number of nitrogens with zero attached hydrogens (tertiary/aromatic N) is 1. The average molecular weight is 224 g/mol. The lowest BCUT2D eigenvalue weighted by Crippen LogP contribution is -2.48. The van der Waals surface area contributed by atoms with Gasteiger partial charge in [0.1, 0.15) is 0 Å². The number of hydrogen-bond acceptors (Lipinski definition) is 2. The summed E-state index contributed by atoms with van der Waals surface area (Å²) in [5.41, 5.74) is 0. The van der Waals surface area contributed by atoms with E-state index in [1.807, 2.05) is 0 Å². The summed E-state index contributed by atoms with van der Waals surface area (Å²) in [6.45, 7) is 5.07. The number of hydrogen-bond donors (Lipinski definition) is 1. The van der Waals surface area contributed by atoms with Crippen LogP contribution in [0, 0.1) is 5.92 Å². The van der Waals surface area contributed by atoms with Crippen LogP contribution in [-0.4, -0.2) is 37.1 Å². The van der Waals surface area contributed by atoms with Crippen molar-refractivity contribution in [3.05, 3.63) is 0 Å². The minimum atomic E-state index is 0.741. The van der Waals surface area contributed by atoms with E-state index in [0.717, 1.165) is 18.0 Å². The van der Waals surface area contributed by atoms with Gasteiger partial charge in [-0.3, -0.25) is 4.90 Å². The molecular weight excluding hydrogens is 196 g/mol. The highest BCUT2D eigenvalue weighted by molar-refractivity contribution is 4.88. The van der Waals surface area contributed by atoms with Crippen LogP contribution in [0.3, 0.4) is 0 Å². The van der Waals surface area contributed by atoms with Crippen molar-refractivity contribution in [3.8, 4) is 0 Å². The maximum atomic E-state index is 3.57. The number of nitrogens with one attached hydrogen (secondary N) is 1. The summed E-state index contributed by atoms with van der Waals surface area (Å²) >= 11 is 0. The Morgan fingerprint density at radius 2 is 1.75 bits per heavy atom. The van der Waals surface area contributed by atoms with Crippen molar-refractivity contribution < 1.29 is 0 Å². The van der Waals surface area contributed by atoms with E-state index < -0.39 is 0 Å². The zero-order valence-corrected chi connectivity index (χ0v) is 11.0. The highest BCUT2D eigenvalue weighted by atomic mass is 15.2. The molecule has 0 spiro atoms. The van der Waals surface area contributed by atoms with Crippen LogP contribution in [-0.2, 0) is 0 Å². The highest BCUT2D eigenvalue weighted by Gasteiger charge is 2.30. The van der Waals surface area contributed by atoms with E-state index in [1.165, 1.54) is 58.0 Å². The van der Waals surface area contributed by atoms with Crippen molar-refractivity contribution in [2.45, 2.75) is 64.0 Å². The molecule has 2 rings (SSSR count).